The fraction of sp³-hybridized carbons (Fsp3) is 0.467. The van der Waals surface area contributed by atoms with Crippen LogP contribution in [0.1, 0.15) is 17.3 Å². The van der Waals surface area contributed by atoms with Crippen molar-refractivity contribution in [3.8, 4) is 0 Å². The third kappa shape index (κ3) is 6.34. The molecule has 0 saturated heterocycles. The largest absolute Gasteiger partial charge is 0.383 e. The van der Waals surface area contributed by atoms with Gasteiger partial charge in [-0.05, 0) is 25.1 Å². The number of carbonyl (C=O) groups is 2. The maximum atomic E-state index is 13.7. The number of carbonyl (C=O) groups excluding carboxylic acids is 2. The van der Waals surface area contributed by atoms with E-state index in [-0.39, 0.29) is 17.0 Å². The van der Waals surface area contributed by atoms with E-state index in [1.54, 1.807) is 7.11 Å². The van der Waals surface area contributed by atoms with E-state index in [9.17, 15) is 22.4 Å². The molecule has 9 heteroatoms. The highest BCUT2D eigenvalue weighted by molar-refractivity contribution is 7.92. The Morgan fingerprint density at radius 2 is 1.92 bits per heavy atom. The Morgan fingerprint density at radius 3 is 2.50 bits per heavy atom. The van der Waals surface area contributed by atoms with Crippen LogP contribution in [0.3, 0.4) is 0 Å². The van der Waals surface area contributed by atoms with E-state index in [2.05, 4.69) is 10.6 Å². The van der Waals surface area contributed by atoms with Gasteiger partial charge < -0.3 is 15.4 Å². The van der Waals surface area contributed by atoms with Crippen molar-refractivity contribution in [2.75, 3.05) is 39.1 Å². The number of methoxy groups -OCH3 is 1. The van der Waals surface area contributed by atoms with E-state index in [0.29, 0.717) is 19.7 Å². The third-order valence-electron chi connectivity index (χ3n) is 3.11. The van der Waals surface area contributed by atoms with Crippen molar-refractivity contribution in [1.82, 2.24) is 10.6 Å². The highest BCUT2D eigenvalue weighted by Crippen LogP contribution is 2.16. The van der Waals surface area contributed by atoms with Crippen molar-refractivity contribution in [2.24, 2.45) is 0 Å². The van der Waals surface area contributed by atoms with Crippen molar-refractivity contribution >= 4 is 21.5 Å². The molecule has 0 aliphatic rings. The molecule has 1 aromatic rings. The summed E-state index contributed by atoms with van der Waals surface area (Å²) in [6.07, 6.45) is 0. The topological polar surface area (TPSA) is 102 Å². The Kier molecular flexibility index (Phi) is 7.96. The van der Waals surface area contributed by atoms with Crippen LogP contribution in [-0.2, 0) is 19.4 Å². The monoisotopic (exact) mass is 360 g/mol. The molecule has 0 unspecified atom stereocenters. The fourth-order valence-electron chi connectivity index (χ4n) is 1.87. The van der Waals surface area contributed by atoms with E-state index in [1.807, 2.05) is 0 Å². The molecule has 0 aliphatic heterocycles. The molecule has 24 heavy (non-hydrogen) atoms. The van der Waals surface area contributed by atoms with Crippen LogP contribution in [-0.4, -0.2) is 59.2 Å². The second kappa shape index (κ2) is 9.45. The third-order valence-corrected chi connectivity index (χ3v) is 4.72. The molecular weight excluding hydrogens is 339 g/mol. The highest BCUT2D eigenvalue weighted by Gasteiger charge is 2.21. The number of sulfone groups is 1. The Morgan fingerprint density at radius 1 is 1.21 bits per heavy atom. The molecule has 0 heterocycles. The zero-order chi connectivity index (χ0) is 18.2. The molecule has 0 saturated carbocycles. The van der Waals surface area contributed by atoms with Crippen molar-refractivity contribution < 1.29 is 27.1 Å². The zero-order valence-electron chi connectivity index (χ0n) is 13.6. The normalized spacial score (nSPS) is 11.3. The van der Waals surface area contributed by atoms with Gasteiger partial charge in [0.15, 0.2) is 15.6 Å². The zero-order valence-corrected chi connectivity index (χ0v) is 14.4. The molecule has 0 radical (unpaired) electrons. The molecule has 0 aromatic heterocycles. The number of nitrogens with one attached hydrogen (secondary N) is 2. The van der Waals surface area contributed by atoms with E-state index in [4.69, 9.17) is 4.74 Å². The standard InChI is InChI=1S/C15H21FN2O5S/c1-11(19)13-4-3-12(9-14(13)16)24(21,22)10-15(20)18-6-5-17-7-8-23-2/h3-4,9,17H,5-8,10H2,1-2H3,(H,18,20). The number of hydrogen-bond donors (Lipinski definition) is 2. The van der Waals surface area contributed by atoms with Gasteiger partial charge in [-0.25, -0.2) is 12.8 Å². The number of benzene rings is 1. The van der Waals surface area contributed by atoms with Crippen LogP contribution in [0.5, 0.6) is 0 Å². The minimum atomic E-state index is -3.98. The predicted octanol–water partition coefficient (Wildman–Crippen LogP) is 0.154. The number of amides is 1. The summed E-state index contributed by atoms with van der Waals surface area (Å²) in [5.74, 6) is -2.90. The summed E-state index contributed by atoms with van der Waals surface area (Å²) in [5, 5.41) is 5.45. The Hall–Kier alpha value is -1.84. The summed E-state index contributed by atoms with van der Waals surface area (Å²) in [6, 6.07) is 2.97. The second-order valence-corrected chi connectivity index (χ2v) is 7.04. The minimum absolute atomic E-state index is 0.194. The molecule has 2 N–H and O–H groups in total. The lowest BCUT2D eigenvalue weighted by Crippen LogP contribution is -2.36. The number of hydrogen-bond acceptors (Lipinski definition) is 6. The van der Waals surface area contributed by atoms with Gasteiger partial charge in [0.1, 0.15) is 11.6 Å². The molecule has 7 nitrogen and oxygen atoms in total. The van der Waals surface area contributed by atoms with E-state index < -0.39 is 33.1 Å². The number of halogens is 1. The average Bonchev–Trinajstić information content (AvgIpc) is 2.49. The SMILES string of the molecule is COCCNCCNC(=O)CS(=O)(=O)c1ccc(C(C)=O)c(F)c1. The first-order valence-electron chi connectivity index (χ1n) is 7.27. The molecule has 1 rings (SSSR count). The summed E-state index contributed by atoms with van der Waals surface area (Å²) in [7, 11) is -2.41. The lowest BCUT2D eigenvalue weighted by molar-refractivity contribution is -0.118. The smallest absolute Gasteiger partial charge is 0.235 e. The molecule has 0 fully saturated rings. The molecule has 1 aromatic carbocycles. The van der Waals surface area contributed by atoms with Gasteiger partial charge in [0, 0.05) is 26.7 Å². The minimum Gasteiger partial charge on any atom is -0.383 e. The summed E-state index contributed by atoms with van der Waals surface area (Å²) in [4.78, 5) is 22.5. The Balaban J connectivity index is 2.58. The highest BCUT2D eigenvalue weighted by atomic mass is 32.2. The van der Waals surface area contributed by atoms with Gasteiger partial charge in [0.2, 0.25) is 5.91 Å². The van der Waals surface area contributed by atoms with Gasteiger partial charge in [-0.15, -0.1) is 0 Å². The van der Waals surface area contributed by atoms with E-state index in [0.717, 1.165) is 18.2 Å². The van der Waals surface area contributed by atoms with Gasteiger partial charge in [0.05, 0.1) is 17.1 Å². The first-order chi connectivity index (χ1) is 11.3. The van der Waals surface area contributed by atoms with Crippen LogP contribution in [0.25, 0.3) is 0 Å². The quantitative estimate of drug-likeness (QED) is 0.455. The lowest BCUT2D eigenvalue weighted by atomic mass is 10.1. The molecule has 1 amide bonds. The average molecular weight is 360 g/mol. The van der Waals surface area contributed by atoms with Gasteiger partial charge in [-0.2, -0.15) is 0 Å². The van der Waals surface area contributed by atoms with Crippen molar-refractivity contribution in [1.29, 1.82) is 0 Å². The van der Waals surface area contributed by atoms with Crippen LogP contribution in [0, 0.1) is 5.82 Å². The summed E-state index contributed by atoms with van der Waals surface area (Å²) in [5.41, 5.74) is -0.194. The lowest BCUT2D eigenvalue weighted by Gasteiger charge is -2.08. The first-order valence-corrected chi connectivity index (χ1v) is 8.92. The van der Waals surface area contributed by atoms with Gasteiger partial charge in [-0.3, -0.25) is 9.59 Å². The number of ether oxygens (including phenoxy) is 1. The first kappa shape index (κ1) is 20.2. The maximum Gasteiger partial charge on any atom is 0.235 e. The van der Waals surface area contributed by atoms with Crippen LogP contribution in [0.2, 0.25) is 0 Å². The number of ketones is 1. The van der Waals surface area contributed by atoms with E-state index >= 15 is 0 Å². The van der Waals surface area contributed by atoms with Gasteiger partial charge in [0.25, 0.3) is 0 Å². The summed E-state index contributed by atoms with van der Waals surface area (Å²) >= 11 is 0. The second-order valence-electron chi connectivity index (χ2n) is 5.05. The van der Waals surface area contributed by atoms with Crippen LogP contribution >= 0.6 is 0 Å². The van der Waals surface area contributed by atoms with Gasteiger partial charge >= 0.3 is 0 Å². The molecule has 134 valence electrons. The summed E-state index contributed by atoms with van der Waals surface area (Å²) < 4.78 is 42.8. The van der Waals surface area contributed by atoms with Crippen molar-refractivity contribution in [2.45, 2.75) is 11.8 Å². The molecule has 0 bridgehead atoms. The molecule has 0 spiro atoms. The van der Waals surface area contributed by atoms with Crippen molar-refractivity contribution in [3.63, 3.8) is 0 Å². The number of Topliss-reactive ketones (excluding diaryl/α,β-unsaturated/α-hetero) is 1. The predicted molar refractivity (Wildman–Crippen MR) is 86.2 cm³/mol. The van der Waals surface area contributed by atoms with Crippen LogP contribution < -0.4 is 10.6 Å². The molecule has 0 aliphatic carbocycles. The van der Waals surface area contributed by atoms with Crippen molar-refractivity contribution in [3.05, 3.63) is 29.6 Å². The maximum absolute atomic E-state index is 13.7. The van der Waals surface area contributed by atoms with Crippen LogP contribution in [0.15, 0.2) is 23.1 Å². The summed E-state index contributed by atoms with van der Waals surface area (Å²) in [6.45, 7) is 3.06. The van der Waals surface area contributed by atoms with Gasteiger partial charge in [-0.1, -0.05) is 0 Å². The number of rotatable bonds is 10. The Bertz CT molecular complexity index is 691. The van der Waals surface area contributed by atoms with E-state index in [1.165, 1.54) is 6.92 Å². The van der Waals surface area contributed by atoms with Crippen LogP contribution in [0.4, 0.5) is 4.39 Å². The molecule has 0 atom stereocenters. The molecular formula is C15H21FN2O5S. The Labute approximate surface area is 140 Å². The fourth-order valence-corrected chi connectivity index (χ4v) is 3.04.